The summed E-state index contributed by atoms with van der Waals surface area (Å²) in [5, 5.41) is 10.8. The van der Waals surface area contributed by atoms with Gasteiger partial charge in [-0.2, -0.15) is 0 Å². The molecular formula is C18H25NO6. The number of benzene rings is 1. The van der Waals surface area contributed by atoms with Crippen molar-refractivity contribution in [3.63, 3.8) is 0 Å². The maximum absolute atomic E-state index is 12.9. The third-order valence-corrected chi connectivity index (χ3v) is 4.25. The zero-order chi connectivity index (χ0) is 18.6. The van der Waals surface area contributed by atoms with E-state index >= 15 is 0 Å². The van der Waals surface area contributed by atoms with Crippen molar-refractivity contribution in [3.05, 3.63) is 17.7 Å². The van der Waals surface area contributed by atoms with Crippen LogP contribution in [0.4, 0.5) is 5.69 Å². The monoisotopic (exact) mass is 351 g/mol. The van der Waals surface area contributed by atoms with E-state index in [0.29, 0.717) is 29.3 Å². The lowest BCUT2D eigenvalue weighted by Crippen LogP contribution is -2.45. The summed E-state index contributed by atoms with van der Waals surface area (Å²) < 4.78 is 15.7. The van der Waals surface area contributed by atoms with Gasteiger partial charge in [-0.3, -0.25) is 9.59 Å². The summed E-state index contributed by atoms with van der Waals surface area (Å²) in [6.45, 7) is 4.36. The van der Waals surface area contributed by atoms with Crippen molar-refractivity contribution in [2.24, 2.45) is 5.92 Å². The number of hydrogen-bond donors (Lipinski definition) is 1. The molecule has 1 amide bonds. The van der Waals surface area contributed by atoms with E-state index in [1.165, 1.54) is 14.2 Å². The van der Waals surface area contributed by atoms with E-state index in [9.17, 15) is 14.7 Å². The van der Waals surface area contributed by atoms with E-state index < -0.39 is 18.0 Å². The van der Waals surface area contributed by atoms with Crippen molar-refractivity contribution in [3.8, 4) is 11.5 Å². The van der Waals surface area contributed by atoms with Gasteiger partial charge < -0.3 is 24.2 Å². The summed E-state index contributed by atoms with van der Waals surface area (Å²) in [6.07, 6.45) is -0.625. The first-order valence-electron chi connectivity index (χ1n) is 8.39. The molecule has 25 heavy (non-hydrogen) atoms. The predicted octanol–water partition coefficient (Wildman–Crippen LogP) is 2.06. The van der Waals surface area contributed by atoms with Crippen molar-refractivity contribution < 1.29 is 28.9 Å². The van der Waals surface area contributed by atoms with E-state index in [0.717, 1.165) is 6.42 Å². The first kappa shape index (κ1) is 19.1. The number of aliphatic hydroxyl groups excluding tert-OH is 1. The Morgan fingerprint density at radius 3 is 2.52 bits per heavy atom. The highest BCUT2D eigenvalue weighted by Crippen LogP contribution is 2.48. The molecule has 0 bridgehead atoms. The summed E-state index contributed by atoms with van der Waals surface area (Å²) in [4.78, 5) is 26.4. The Hall–Kier alpha value is -2.28. The number of carbonyl (C=O) groups excluding carboxylic acids is 2. The molecule has 1 aromatic carbocycles. The number of fused-ring (bicyclic) bond motifs is 1. The summed E-state index contributed by atoms with van der Waals surface area (Å²) in [5.74, 6) is -0.890. The Bertz CT molecular complexity index is 645. The number of esters is 1. The number of methoxy groups -OCH3 is 2. The molecule has 1 heterocycles. The average molecular weight is 351 g/mol. The Morgan fingerprint density at radius 1 is 1.24 bits per heavy atom. The van der Waals surface area contributed by atoms with Gasteiger partial charge >= 0.3 is 5.97 Å². The largest absolute Gasteiger partial charge is 0.493 e. The van der Waals surface area contributed by atoms with Crippen LogP contribution in [-0.2, 0) is 14.3 Å². The summed E-state index contributed by atoms with van der Waals surface area (Å²) >= 11 is 0. The van der Waals surface area contributed by atoms with Gasteiger partial charge in [-0.15, -0.1) is 0 Å². The van der Waals surface area contributed by atoms with Gasteiger partial charge in [0.1, 0.15) is 0 Å². The normalized spacial score (nSPS) is 19.4. The summed E-state index contributed by atoms with van der Waals surface area (Å²) in [6, 6.07) is 3.43. The topological polar surface area (TPSA) is 85.3 Å². The first-order chi connectivity index (χ1) is 12.0. The van der Waals surface area contributed by atoms with Crippen molar-refractivity contribution in [1.82, 2.24) is 0 Å². The minimum atomic E-state index is -1.18. The Balaban J connectivity index is 2.53. The van der Waals surface area contributed by atoms with Gasteiger partial charge in [0, 0.05) is 6.54 Å². The second-order valence-electron chi connectivity index (χ2n) is 5.78. The molecule has 7 heteroatoms. The number of nitrogens with zero attached hydrogens (tertiary/aromatic N) is 1. The number of anilines is 1. The second-order valence-corrected chi connectivity index (χ2v) is 5.78. The molecule has 138 valence electrons. The summed E-state index contributed by atoms with van der Waals surface area (Å²) in [7, 11) is 2.98. The molecule has 0 fully saturated rings. The van der Waals surface area contributed by atoms with Crippen LogP contribution in [0.5, 0.6) is 11.5 Å². The molecular weight excluding hydrogens is 326 g/mol. The average Bonchev–Trinajstić information content (AvgIpc) is 2.61. The van der Waals surface area contributed by atoms with Gasteiger partial charge in [0.05, 0.1) is 50.5 Å². The molecule has 0 aromatic heterocycles. The van der Waals surface area contributed by atoms with Crippen LogP contribution in [0.3, 0.4) is 0 Å². The van der Waals surface area contributed by atoms with Crippen molar-refractivity contribution in [1.29, 1.82) is 0 Å². The molecule has 2 atom stereocenters. The minimum absolute atomic E-state index is 0.187. The van der Waals surface area contributed by atoms with Gasteiger partial charge in [0.2, 0.25) is 5.91 Å². The van der Waals surface area contributed by atoms with Crippen molar-refractivity contribution >= 4 is 17.6 Å². The zero-order valence-corrected chi connectivity index (χ0v) is 15.1. The van der Waals surface area contributed by atoms with Crippen molar-refractivity contribution in [2.75, 3.05) is 32.3 Å². The van der Waals surface area contributed by atoms with Gasteiger partial charge in [-0.25, -0.2) is 0 Å². The molecule has 2 unspecified atom stereocenters. The van der Waals surface area contributed by atoms with Crippen LogP contribution in [-0.4, -0.2) is 44.4 Å². The third-order valence-electron chi connectivity index (χ3n) is 4.25. The number of amides is 1. The molecule has 2 rings (SSSR count). The smallest absolute Gasteiger partial charge is 0.306 e. The van der Waals surface area contributed by atoms with Crippen LogP contribution < -0.4 is 14.4 Å². The van der Waals surface area contributed by atoms with Crippen LogP contribution >= 0.6 is 0 Å². The zero-order valence-electron chi connectivity index (χ0n) is 15.1. The third kappa shape index (κ3) is 3.56. The highest BCUT2D eigenvalue weighted by Gasteiger charge is 2.43. The Labute approximate surface area is 147 Å². The maximum Gasteiger partial charge on any atom is 0.306 e. The lowest BCUT2D eigenvalue weighted by molar-refractivity contribution is -0.148. The highest BCUT2D eigenvalue weighted by molar-refractivity contribution is 6.01. The van der Waals surface area contributed by atoms with Crippen LogP contribution in [0.2, 0.25) is 0 Å². The molecule has 0 aliphatic carbocycles. The standard InChI is InChI=1S/C18H25NO6/c1-5-9-19-12-7-8-13(23-3)17(24-4)15(12)16(21)11(18(19)22)10-14(20)25-6-2/h7-8,11,16,21H,5-6,9-10H2,1-4H3. The van der Waals surface area contributed by atoms with Gasteiger partial charge in [-0.05, 0) is 25.5 Å². The lowest BCUT2D eigenvalue weighted by atomic mass is 9.85. The van der Waals surface area contributed by atoms with Gasteiger partial charge in [0.25, 0.3) is 0 Å². The Kier molecular flexibility index (Phi) is 6.25. The van der Waals surface area contributed by atoms with Crippen LogP contribution in [0.1, 0.15) is 38.4 Å². The van der Waals surface area contributed by atoms with Crippen LogP contribution in [0.25, 0.3) is 0 Å². The molecule has 1 aliphatic heterocycles. The molecule has 1 N–H and O–H groups in total. The van der Waals surface area contributed by atoms with Crippen LogP contribution in [0.15, 0.2) is 12.1 Å². The highest BCUT2D eigenvalue weighted by atomic mass is 16.5. The quantitative estimate of drug-likeness (QED) is 0.757. The van der Waals surface area contributed by atoms with E-state index in [1.54, 1.807) is 24.0 Å². The molecule has 0 saturated heterocycles. The molecule has 1 aliphatic rings. The fourth-order valence-electron chi connectivity index (χ4n) is 3.17. The second kappa shape index (κ2) is 8.20. The number of aliphatic hydroxyl groups is 1. The van der Waals surface area contributed by atoms with E-state index in [1.807, 2.05) is 6.92 Å². The number of hydrogen-bond acceptors (Lipinski definition) is 6. The van der Waals surface area contributed by atoms with E-state index in [2.05, 4.69) is 0 Å². The van der Waals surface area contributed by atoms with Crippen LogP contribution in [0, 0.1) is 5.92 Å². The number of carbonyl (C=O) groups is 2. The fourth-order valence-corrected chi connectivity index (χ4v) is 3.17. The van der Waals surface area contributed by atoms with E-state index in [-0.39, 0.29) is 18.9 Å². The molecule has 0 spiro atoms. The van der Waals surface area contributed by atoms with E-state index in [4.69, 9.17) is 14.2 Å². The molecule has 0 radical (unpaired) electrons. The fraction of sp³-hybridized carbons (Fsp3) is 0.556. The molecule has 7 nitrogen and oxygen atoms in total. The number of ether oxygens (including phenoxy) is 3. The minimum Gasteiger partial charge on any atom is -0.493 e. The first-order valence-corrected chi connectivity index (χ1v) is 8.39. The maximum atomic E-state index is 12.9. The van der Waals surface area contributed by atoms with Crippen molar-refractivity contribution in [2.45, 2.75) is 32.8 Å². The number of rotatable bonds is 7. The molecule has 0 saturated carbocycles. The predicted molar refractivity (Wildman–Crippen MR) is 91.9 cm³/mol. The lowest BCUT2D eigenvalue weighted by Gasteiger charge is -2.38. The summed E-state index contributed by atoms with van der Waals surface area (Å²) in [5.41, 5.74) is 1.04. The SMILES string of the molecule is CCCN1C(=O)C(CC(=O)OCC)C(O)c2c1ccc(OC)c2OC. The van der Waals surface area contributed by atoms with Gasteiger partial charge in [-0.1, -0.05) is 6.92 Å². The Morgan fingerprint density at radius 2 is 1.96 bits per heavy atom. The van der Waals surface area contributed by atoms with Gasteiger partial charge in [0.15, 0.2) is 11.5 Å². The molecule has 1 aromatic rings.